The van der Waals surface area contributed by atoms with E-state index in [2.05, 4.69) is 16.4 Å². The van der Waals surface area contributed by atoms with Crippen LogP contribution in [0, 0.1) is 11.3 Å². The van der Waals surface area contributed by atoms with E-state index in [1.54, 1.807) is 50.9 Å². The van der Waals surface area contributed by atoms with Gasteiger partial charge in [-0.1, -0.05) is 0 Å². The number of benzene rings is 2. The number of carbonyl (C=O) groups is 1. The highest BCUT2D eigenvalue weighted by Crippen LogP contribution is 2.30. The largest absolute Gasteiger partial charge is 0.497 e. The standard InChI is InChI=1S/C24H26N4O5/c1-5-32-21-10-16(14-25)6-7-20(21)33-15-22(29)27-23(24-26-8-9-28(24)2)17-11-18(30-3)13-19(12-17)31-4/h6-13,23H,5,15H2,1-4H3,(H,27,29)/t23-/m1/s1. The Morgan fingerprint density at radius 3 is 2.42 bits per heavy atom. The summed E-state index contributed by atoms with van der Waals surface area (Å²) in [7, 11) is 4.98. The maximum Gasteiger partial charge on any atom is 0.258 e. The smallest absolute Gasteiger partial charge is 0.258 e. The van der Waals surface area contributed by atoms with Crippen LogP contribution in [-0.2, 0) is 11.8 Å². The molecule has 0 bridgehead atoms. The lowest BCUT2D eigenvalue weighted by atomic mass is 10.0. The van der Waals surface area contributed by atoms with Gasteiger partial charge >= 0.3 is 0 Å². The van der Waals surface area contributed by atoms with Crippen LogP contribution in [0.4, 0.5) is 0 Å². The summed E-state index contributed by atoms with van der Waals surface area (Å²) >= 11 is 0. The van der Waals surface area contributed by atoms with E-state index in [4.69, 9.17) is 24.2 Å². The van der Waals surface area contributed by atoms with Gasteiger partial charge in [-0.2, -0.15) is 5.26 Å². The van der Waals surface area contributed by atoms with Gasteiger partial charge in [0.05, 0.1) is 32.5 Å². The summed E-state index contributed by atoms with van der Waals surface area (Å²) in [5, 5.41) is 12.1. The first-order valence-corrected chi connectivity index (χ1v) is 10.3. The fourth-order valence-electron chi connectivity index (χ4n) is 3.26. The van der Waals surface area contributed by atoms with E-state index in [1.165, 1.54) is 0 Å². The SMILES string of the molecule is CCOc1cc(C#N)ccc1OCC(=O)N[C@H](c1cc(OC)cc(OC)c1)c1nccn1C. The molecule has 0 saturated heterocycles. The van der Waals surface area contributed by atoms with Crippen molar-refractivity contribution in [2.24, 2.45) is 7.05 Å². The Hall–Kier alpha value is -4.19. The molecule has 0 radical (unpaired) electrons. The van der Waals surface area contributed by atoms with Crippen LogP contribution in [0.1, 0.15) is 29.9 Å². The van der Waals surface area contributed by atoms with Gasteiger partial charge in [0.15, 0.2) is 18.1 Å². The Morgan fingerprint density at radius 1 is 1.12 bits per heavy atom. The molecule has 3 aromatic rings. The molecule has 9 heteroatoms. The molecule has 0 aliphatic heterocycles. The predicted molar refractivity (Wildman–Crippen MR) is 121 cm³/mol. The van der Waals surface area contributed by atoms with Gasteiger partial charge in [0, 0.05) is 31.6 Å². The normalized spacial score (nSPS) is 11.2. The minimum absolute atomic E-state index is 0.256. The summed E-state index contributed by atoms with van der Waals surface area (Å²) in [5.74, 6) is 2.23. The zero-order valence-corrected chi connectivity index (χ0v) is 19.0. The molecule has 33 heavy (non-hydrogen) atoms. The second-order valence-corrected chi connectivity index (χ2v) is 7.04. The summed E-state index contributed by atoms with van der Waals surface area (Å²) in [6.07, 6.45) is 3.46. The highest BCUT2D eigenvalue weighted by atomic mass is 16.5. The van der Waals surface area contributed by atoms with Crippen LogP contribution >= 0.6 is 0 Å². The zero-order valence-electron chi connectivity index (χ0n) is 19.0. The van der Waals surface area contributed by atoms with Crippen LogP contribution in [0.25, 0.3) is 0 Å². The molecular formula is C24H26N4O5. The number of aromatic nitrogens is 2. The molecule has 0 saturated carbocycles. The van der Waals surface area contributed by atoms with E-state index >= 15 is 0 Å². The molecule has 1 heterocycles. The fraction of sp³-hybridized carbons (Fsp3) is 0.292. The number of nitrogens with zero attached hydrogens (tertiary/aromatic N) is 3. The molecule has 0 aliphatic carbocycles. The summed E-state index contributed by atoms with van der Waals surface area (Å²) in [5.41, 5.74) is 1.18. The molecular weight excluding hydrogens is 424 g/mol. The monoisotopic (exact) mass is 450 g/mol. The maximum absolute atomic E-state index is 12.9. The molecule has 1 N–H and O–H groups in total. The Bertz CT molecular complexity index is 1130. The molecule has 172 valence electrons. The fourth-order valence-corrected chi connectivity index (χ4v) is 3.26. The van der Waals surface area contributed by atoms with Gasteiger partial charge in [-0.05, 0) is 36.8 Å². The van der Waals surface area contributed by atoms with Crippen LogP contribution in [0.5, 0.6) is 23.0 Å². The molecule has 1 atom stereocenters. The Kier molecular flexibility index (Phi) is 7.76. The highest BCUT2D eigenvalue weighted by molar-refractivity contribution is 5.78. The third-order valence-electron chi connectivity index (χ3n) is 4.86. The number of nitriles is 1. The van der Waals surface area contributed by atoms with Gasteiger partial charge in [0.1, 0.15) is 23.4 Å². The van der Waals surface area contributed by atoms with Crippen LogP contribution < -0.4 is 24.3 Å². The van der Waals surface area contributed by atoms with Crippen molar-refractivity contribution in [2.45, 2.75) is 13.0 Å². The number of methoxy groups -OCH3 is 2. The van der Waals surface area contributed by atoms with Crippen LogP contribution in [0.2, 0.25) is 0 Å². The van der Waals surface area contributed by atoms with Crippen molar-refractivity contribution in [3.8, 4) is 29.1 Å². The maximum atomic E-state index is 12.9. The number of nitrogens with one attached hydrogen (secondary N) is 1. The number of hydrogen-bond acceptors (Lipinski definition) is 7. The van der Waals surface area contributed by atoms with Crippen molar-refractivity contribution in [1.29, 1.82) is 5.26 Å². The summed E-state index contributed by atoms with van der Waals surface area (Å²) in [6.45, 7) is 1.97. The molecule has 2 aromatic carbocycles. The van der Waals surface area contributed by atoms with Gasteiger partial charge in [-0.15, -0.1) is 0 Å². The lowest BCUT2D eigenvalue weighted by molar-refractivity contribution is -0.123. The summed E-state index contributed by atoms with van der Waals surface area (Å²) < 4.78 is 23.8. The van der Waals surface area contributed by atoms with Crippen molar-refractivity contribution < 1.29 is 23.7 Å². The molecule has 0 fully saturated rings. The topological polar surface area (TPSA) is 108 Å². The summed E-state index contributed by atoms with van der Waals surface area (Å²) in [4.78, 5) is 17.3. The minimum Gasteiger partial charge on any atom is -0.497 e. The van der Waals surface area contributed by atoms with E-state index < -0.39 is 6.04 Å². The first kappa shape index (κ1) is 23.5. The second-order valence-electron chi connectivity index (χ2n) is 7.04. The van der Waals surface area contributed by atoms with Gasteiger partial charge < -0.3 is 28.8 Å². The van der Waals surface area contributed by atoms with Crippen LogP contribution in [-0.4, -0.2) is 42.9 Å². The van der Waals surface area contributed by atoms with Crippen molar-refractivity contribution in [2.75, 3.05) is 27.4 Å². The molecule has 3 rings (SSSR count). The quantitative estimate of drug-likeness (QED) is 0.506. The summed E-state index contributed by atoms with van der Waals surface area (Å²) in [6, 6.07) is 11.7. The zero-order chi connectivity index (χ0) is 23.8. The Labute approximate surface area is 192 Å². The lowest BCUT2D eigenvalue weighted by Gasteiger charge is -2.21. The number of hydrogen-bond donors (Lipinski definition) is 1. The second kappa shape index (κ2) is 10.9. The van der Waals surface area contributed by atoms with Gasteiger partial charge in [-0.3, -0.25) is 4.79 Å². The van der Waals surface area contributed by atoms with Crippen LogP contribution in [0.3, 0.4) is 0 Å². The number of carbonyl (C=O) groups excluding carboxylic acids is 1. The number of aryl methyl sites for hydroxylation is 1. The number of ether oxygens (including phenoxy) is 4. The minimum atomic E-state index is -0.572. The molecule has 0 unspecified atom stereocenters. The third-order valence-corrected chi connectivity index (χ3v) is 4.86. The van der Waals surface area contributed by atoms with Gasteiger partial charge in [0.2, 0.25) is 0 Å². The molecule has 9 nitrogen and oxygen atoms in total. The van der Waals surface area contributed by atoms with Crippen molar-refractivity contribution >= 4 is 5.91 Å². The van der Waals surface area contributed by atoms with E-state index in [0.29, 0.717) is 41.0 Å². The van der Waals surface area contributed by atoms with Crippen molar-refractivity contribution in [1.82, 2.24) is 14.9 Å². The highest BCUT2D eigenvalue weighted by Gasteiger charge is 2.23. The first-order chi connectivity index (χ1) is 16.0. The molecule has 1 aromatic heterocycles. The molecule has 1 amide bonds. The van der Waals surface area contributed by atoms with E-state index in [0.717, 1.165) is 5.56 Å². The van der Waals surface area contributed by atoms with Crippen LogP contribution in [0.15, 0.2) is 48.8 Å². The number of imidazole rings is 1. The number of rotatable bonds is 10. The van der Waals surface area contributed by atoms with Crippen molar-refractivity contribution in [3.63, 3.8) is 0 Å². The average molecular weight is 450 g/mol. The van der Waals surface area contributed by atoms with Gasteiger partial charge in [0.25, 0.3) is 5.91 Å². The lowest BCUT2D eigenvalue weighted by Crippen LogP contribution is -2.34. The Morgan fingerprint density at radius 2 is 1.85 bits per heavy atom. The van der Waals surface area contributed by atoms with E-state index in [-0.39, 0.29) is 12.5 Å². The third kappa shape index (κ3) is 5.74. The Balaban J connectivity index is 1.83. The van der Waals surface area contributed by atoms with Crippen molar-refractivity contribution in [3.05, 3.63) is 65.7 Å². The van der Waals surface area contributed by atoms with E-state index in [9.17, 15) is 4.79 Å². The van der Waals surface area contributed by atoms with Gasteiger partial charge in [-0.25, -0.2) is 4.98 Å². The molecule has 0 spiro atoms. The average Bonchev–Trinajstić information content (AvgIpc) is 3.26. The first-order valence-electron chi connectivity index (χ1n) is 10.3. The number of amides is 1. The van der Waals surface area contributed by atoms with E-state index in [1.807, 2.05) is 30.7 Å². The predicted octanol–water partition coefficient (Wildman–Crippen LogP) is 2.99. The molecule has 0 aliphatic rings.